The predicted molar refractivity (Wildman–Crippen MR) is 109 cm³/mol. The second-order valence-corrected chi connectivity index (χ2v) is 7.12. The lowest BCUT2D eigenvalue weighted by Crippen LogP contribution is -2.07. The highest BCUT2D eigenvalue weighted by Crippen LogP contribution is 2.38. The first-order valence-corrected chi connectivity index (χ1v) is 9.54. The van der Waals surface area contributed by atoms with Crippen LogP contribution in [0.15, 0.2) is 84.9 Å². The highest BCUT2D eigenvalue weighted by Gasteiger charge is 2.09. The van der Waals surface area contributed by atoms with Crippen LogP contribution in [0.5, 0.6) is 5.75 Å². The molecule has 0 saturated heterocycles. The molecule has 4 aromatic rings. The van der Waals surface area contributed by atoms with Crippen LogP contribution in [0.1, 0.15) is 5.56 Å². The van der Waals surface area contributed by atoms with Crippen LogP contribution in [0.2, 0.25) is 0 Å². The number of hydrogen-bond donors (Lipinski definition) is 0. The van der Waals surface area contributed by atoms with Crippen LogP contribution in [0.25, 0.3) is 20.5 Å². The first-order valence-electron chi connectivity index (χ1n) is 8.72. The van der Waals surface area contributed by atoms with Gasteiger partial charge in [0.15, 0.2) is 0 Å². The van der Waals surface area contributed by atoms with Gasteiger partial charge in [-0.15, -0.1) is 11.3 Å². The number of para-hydroxylation sites is 1. The Balaban J connectivity index is 1.40. The number of rotatable bonds is 7. The number of benzene rings is 3. The summed E-state index contributed by atoms with van der Waals surface area (Å²) in [5.74, 6) is 0.905. The standard InChI is InChI=1S/C23H20O2S/c1-2-8-18(9-3-1)17-24-14-15-25-21-12-6-5-11-20(21)23-16-19-10-4-7-13-22(19)26-23/h1-13,16H,14-15,17H2. The number of hydrogen-bond acceptors (Lipinski definition) is 3. The molecule has 3 heteroatoms. The van der Waals surface area contributed by atoms with Gasteiger partial charge in [0.25, 0.3) is 0 Å². The van der Waals surface area contributed by atoms with Crippen LogP contribution in [-0.2, 0) is 11.3 Å². The predicted octanol–water partition coefficient (Wildman–Crippen LogP) is 6.16. The fourth-order valence-corrected chi connectivity index (χ4v) is 3.98. The Hall–Kier alpha value is -2.62. The summed E-state index contributed by atoms with van der Waals surface area (Å²) in [5, 5.41) is 1.27. The Morgan fingerprint density at radius 2 is 1.50 bits per heavy atom. The van der Waals surface area contributed by atoms with Crippen molar-refractivity contribution in [2.24, 2.45) is 0 Å². The molecule has 0 aliphatic heterocycles. The summed E-state index contributed by atoms with van der Waals surface area (Å²) in [6.45, 7) is 1.71. The molecule has 3 aromatic carbocycles. The van der Waals surface area contributed by atoms with E-state index in [0.717, 1.165) is 11.3 Å². The maximum Gasteiger partial charge on any atom is 0.128 e. The Bertz CT molecular complexity index is 943. The molecule has 0 amide bonds. The van der Waals surface area contributed by atoms with E-state index in [0.29, 0.717) is 19.8 Å². The molecular weight excluding hydrogens is 340 g/mol. The van der Waals surface area contributed by atoms with Crippen molar-refractivity contribution in [1.29, 1.82) is 0 Å². The maximum atomic E-state index is 6.01. The topological polar surface area (TPSA) is 18.5 Å². The summed E-state index contributed by atoms with van der Waals surface area (Å²) < 4.78 is 13.0. The van der Waals surface area contributed by atoms with Crippen molar-refractivity contribution in [3.8, 4) is 16.2 Å². The zero-order valence-electron chi connectivity index (χ0n) is 14.4. The van der Waals surface area contributed by atoms with E-state index in [1.807, 2.05) is 30.3 Å². The zero-order chi connectivity index (χ0) is 17.6. The smallest absolute Gasteiger partial charge is 0.128 e. The van der Waals surface area contributed by atoms with Gasteiger partial charge in [0.1, 0.15) is 12.4 Å². The van der Waals surface area contributed by atoms with E-state index in [1.165, 1.54) is 20.5 Å². The molecule has 130 valence electrons. The number of fused-ring (bicyclic) bond motifs is 1. The monoisotopic (exact) mass is 360 g/mol. The Kier molecular flexibility index (Phi) is 5.29. The third-order valence-corrected chi connectivity index (χ3v) is 5.32. The molecule has 0 aliphatic rings. The Morgan fingerprint density at radius 1 is 0.731 bits per heavy atom. The lowest BCUT2D eigenvalue weighted by atomic mass is 10.1. The van der Waals surface area contributed by atoms with Gasteiger partial charge >= 0.3 is 0 Å². The third kappa shape index (κ3) is 3.96. The number of thiophene rings is 1. The van der Waals surface area contributed by atoms with E-state index in [-0.39, 0.29) is 0 Å². The zero-order valence-corrected chi connectivity index (χ0v) is 15.2. The van der Waals surface area contributed by atoms with Gasteiger partial charge in [-0.2, -0.15) is 0 Å². The molecule has 0 bridgehead atoms. The normalized spacial score (nSPS) is 10.9. The lowest BCUT2D eigenvalue weighted by molar-refractivity contribution is 0.0891. The van der Waals surface area contributed by atoms with Gasteiger partial charge in [-0.05, 0) is 35.2 Å². The minimum absolute atomic E-state index is 0.536. The van der Waals surface area contributed by atoms with E-state index in [9.17, 15) is 0 Å². The fourth-order valence-electron chi connectivity index (χ4n) is 2.89. The molecule has 0 radical (unpaired) electrons. The number of ether oxygens (including phenoxy) is 2. The van der Waals surface area contributed by atoms with Crippen molar-refractivity contribution in [3.63, 3.8) is 0 Å². The summed E-state index contributed by atoms with van der Waals surface area (Å²) in [7, 11) is 0. The van der Waals surface area contributed by atoms with Crippen LogP contribution >= 0.6 is 11.3 Å². The molecule has 0 unspecified atom stereocenters. The maximum absolute atomic E-state index is 6.01. The van der Waals surface area contributed by atoms with Gasteiger partial charge in [0.2, 0.25) is 0 Å². The Morgan fingerprint density at radius 3 is 2.38 bits per heavy atom. The minimum atomic E-state index is 0.536. The molecule has 0 fully saturated rings. The van der Waals surface area contributed by atoms with Crippen molar-refractivity contribution < 1.29 is 9.47 Å². The molecule has 0 saturated carbocycles. The largest absolute Gasteiger partial charge is 0.491 e. The van der Waals surface area contributed by atoms with Crippen molar-refractivity contribution in [2.75, 3.05) is 13.2 Å². The summed E-state index contributed by atoms with van der Waals surface area (Å²) in [4.78, 5) is 1.23. The van der Waals surface area contributed by atoms with Crippen LogP contribution < -0.4 is 4.74 Å². The van der Waals surface area contributed by atoms with Gasteiger partial charge in [-0.25, -0.2) is 0 Å². The second-order valence-electron chi connectivity index (χ2n) is 6.03. The van der Waals surface area contributed by atoms with Gasteiger partial charge in [0, 0.05) is 15.1 Å². The first kappa shape index (κ1) is 16.8. The molecule has 0 spiro atoms. The van der Waals surface area contributed by atoms with E-state index < -0.39 is 0 Å². The van der Waals surface area contributed by atoms with Crippen LogP contribution in [-0.4, -0.2) is 13.2 Å². The van der Waals surface area contributed by atoms with Crippen molar-refractivity contribution in [2.45, 2.75) is 6.61 Å². The summed E-state index contributed by atoms with van der Waals surface area (Å²) in [6, 6.07) is 29.1. The average molecular weight is 360 g/mol. The van der Waals surface area contributed by atoms with Crippen molar-refractivity contribution >= 4 is 21.4 Å². The van der Waals surface area contributed by atoms with Crippen LogP contribution in [0, 0.1) is 0 Å². The van der Waals surface area contributed by atoms with E-state index in [2.05, 4.69) is 54.6 Å². The molecule has 0 atom stereocenters. The highest BCUT2D eigenvalue weighted by molar-refractivity contribution is 7.22. The van der Waals surface area contributed by atoms with E-state index in [4.69, 9.17) is 9.47 Å². The van der Waals surface area contributed by atoms with E-state index >= 15 is 0 Å². The fraction of sp³-hybridized carbons (Fsp3) is 0.130. The Labute approximate surface area is 157 Å². The van der Waals surface area contributed by atoms with Crippen molar-refractivity contribution in [1.82, 2.24) is 0 Å². The minimum Gasteiger partial charge on any atom is -0.491 e. The van der Waals surface area contributed by atoms with Crippen LogP contribution in [0.4, 0.5) is 0 Å². The molecule has 4 rings (SSSR count). The van der Waals surface area contributed by atoms with Gasteiger partial charge < -0.3 is 9.47 Å². The molecular formula is C23H20O2S. The average Bonchev–Trinajstić information content (AvgIpc) is 3.13. The summed E-state index contributed by atoms with van der Waals surface area (Å²) in [6.07, 6.45) is 0. The first-order chi connectivity index (χ1) is 12.9. The third-order valence-electron chi connectivity index (χ3n) is 4.17. The molecule has 1 heterocycles. The SMILES string of the molecule is c1ccc(COCCOc2ccccc2-c2cc3ccccc3s2)cc1. The molecule has 2 nitrogen and oxygen atoms in total. The summed E-state index contributed by atoms with van der Waals surface area (Å²) >= 11 is 1.79. The van der Waals surface area contributed by atoms with Crippen LogP contribution in [0.3, 0.4) is 0 Å². The lowest BCUT2D eigenvalue weighted by Gasteiger charge is -2.11. The molecule has 1 aromatic heterocycles. The van der Waals surface area contributed by atoms with E-state index in [1.54, 1.807) is 11.3 Å². The molecule has 0 aliphatic carbocycles. The molecule has 0 N–H and O–H groups in total. The van der Waals surface area contributed by atoms with Gasteiger partial charge in [-0.1, -0.05) is 60.7 Å². The highest BCUT2D eigenvalue weighted by atomic mass is 32.1. The van der Waals surface area contributed by atoms with Crippen molar-refractivity contribution in [3.05, 3.63) is 90.5 Å². The molecule has 26 heavy (non-hydrogen) atoms. The van der Waals surface area contributed by atoms with Gasteiger partial charge in [0.05, 0.1) is 13.2 Å². The van der Waals surface area contributed by atoms with Gasteiger partial charge in [-0.3, -0.25) is 0 Å². The second kappa shape index (κ2) is 8.17. The quantitative estimate of drug-likeness (QED) is 0.367. The summed E-state index contributed by atoms with van der Waals surface area (Å²) in [5.41, 5.74) is 2.31.